The molecule has 2 aromatic carbocycles. The van der Waals surface area contributed by atoms with E-state index in [1.807, 2.05) is 48.5 Å². The molecule has 2 unspecified atom stereocenters. The van der Waals surface area contributed by atoms with Crippen LogP contribution in [0.4, 0.5) is 5.69 Å². The summed E-state index contributed by atoms with van der Waals surface area (Å²) in [5.74, 6) is 1.83. The Morgan fingerprint density at radius 2 is 1.77 bits per heavy atom. The van der Waals surface area contributed by atoms with Crippen molar-refractivity contribution in [1.82, 2.24) is 9.99 Å². The number of fused-ring (bicyclic) bond motifs is 3. The lowest BCUT2D eigenvalue weighted by Gasteiger charge is -2.45. The predicted molar refractivity (Wildman–Crippen MR) is 140 cm³/mol. The normalized spacial score (nSPS) is 25.7. The number of benzene rings is 2. The lowest BCUT2D eigenvalue weighted by molar-refractivity contribution is -0.134. The minimum atomic E-state index is -0.404. The summed E-state index contributed by atoms with van der Waals surface area (Å²) in [6.07, 6.45) is 4.94. The van der Waals surface area contributed by atoms with Crippen molar-refractivity contribution in [3.05, 3.63) is 70.5 Å². The highest BCUT2D eigenvalue weighted by molar-refractivity contribution is 6.20. The number of anilines is 1. The van der Waals surface area contributed by atoms with Gasteiger partial charge in [0.05, 0.1) is 24.9 Å². The fourth-order valence-electron chi connectivity index (χ4n) is 6.15. The molecule has 0 spiro atoms. The Kier molecular flexibility index (Phi) is 6.49. The van der Waals surface area contributed by atoms with E-state index < -0.39 is 5.41 Å². The molecule has 35 heavy (non-hydrogen) atoms. The molecular weight excluding hydrogens is 462 g/mol. The number of rotatable bonds is 6. The topological polar surface area (TPSA) is 72.4 Å². The van der Waals surface area contributed by atoms with E-state index in [9.17, 15) is 9.59 Å². The molecule has 2 bridgehead atoms. The van der Waals surface area contributed by atoms with E-state index in [0.717, 1.165) is 53.6 Å². The maximum absolute atomic E-state index is 13.3. The number of nitrogens with zero attached hydrogens (tertiary/aromatic N) is 1. The second kappa shape index (κ2) is 9.57. The largest absolute Gasteiger partial charge is 0.497 e. The number of hydrogen-bond acceptors (Lipinski definition) is 4. The third-order valence-electron chi connectivity index (χ3n) is 7.71. The molecule has 5 rings (SSSR count). The molecule has 6 nitrogen and oxygen atoms in total. The van der Waals surface area contributed by atoms with Gasteiger partial charge in [0.15, 0.2) is 0 Å². The van der Waals surface area contributed by atoms with Gasteiger partial charge in [-0.25, -0.2) is 0 Å². The number of aromatic nitrogens is 1. The van der Waals surface area contributed by atoms with Crippen LogP contribution in [0.15, 0.2) is 59.4 Å². The van der Waals surface area contributed by atoms with Crippen molar-refractivity contribution < 1.29 is 9.53 Å². The number of amides is 1. The molecule has 2 fully saturated rings. The van der Waals surface area contributed by atoms with Gasteiger partial charge in [-0.05, 0) is 79.8 Å². The zero-order valence-corrected chi connectivity index (χ0v) is 21.0. The molecule has 0 saturated heterocycles. The zero-order valence-electron chi connectivity index (χ0n) is 20.2. The Morgan fingerprint density at radius 1 is 1.06 bits per heavy atom. The summed E-state index contributed by atoms with van der Waals surface area (Å²) in [4.78, 5) is 26.0. The molecule has 0 radical (unpaired) electrons. The van der Waals surface area contributed by atoms with Crippen molar-refractivity contribution in [2.75, 3.05) is 12.5 Å². The van der Waals surface area contributed by atoms with E-state index in [1.54, 1.807) is 17.7 Å². The summed E-state index contributed by atoms with van der Waals surface area (Å²) in [5, 5.41) is 1.12. The quantitative estimate of drug-likeness (QED) is 0.360. The highest BCUT2D eigenvalue weighted by atomic mass is 35.5. The van der Waals surface area contributed by atoms with E-state index in [0.29, 0.717) is 18.4 Å². The molecule has 1 amide bonds. The van der Waals surface area contributed by atoms with Crippen molar-refractivity contribution in [3.63, 3.8) is 0 Å². The van der Waals surface area contributed by atoms with Crippen LogP contribution in [0.3, 0.4) is 0 Å². The van der Waals surface area contributed by atoms with Crippen LogP contribution >= 0.6 is 11.6 Å². The van der Waals surface area contributed by atoms with Crippen molar-refractivity contribution in [3.8, 4) is 5.75 Å². The lowest BCUT2D eigenvalue weighted by Crippen LogP contribution is -2.48. The van der Waals surface area contributed by atoms with Gasteiger partial charge >= 0.3 is 0 Å². The molecule has 0 aliphatic heterocycles. The fourth-order valence-corrected chi connectivity index (χ4v) is 6.65. The summed E-state index contributed by atoms with van der Waals surface area (Å²) >= 11 is 6.43. The number of nitrogens with one attached hydrogen (secondary N) is 2. The highest BCUT2D eigenvalue weighted by Gasteiger charge is 2.45. The molecule has 1 aromatic heterocycles. The van der Waals surface area contributed by atoms with Gasteiger partial charge in [0.1, 0.15) is 5.75 Å². The second-order valence-electron chi connectivity index (χ2n) is 10.4. The molecule has 2 saturated carbocycles. The average Bonchev–Trinajstić information content (AvgIpc) is 2.83. The van der Waals surface area contributed by atoms with E-state index in [2.05, 4.69) is 17.8 Å². The number of halogens is 1. The first-order valence-electron chi connectivity index (χ1n) is 12.3. The van der Waals surface area contributed by atoms with Gasteiger partial charge < -0.3 is 9.30 Å². The van der Waals surface area contributed by atoms with E-state index in [-0.39, 0.29) is 16.8 Å². The number of ether oxygens (including phenoxy) is 1. The summed E-state index contributed by atoms with van der Waals surface area (Å²) in [6, 6.07) is 16.8. The predicted octanol–water partition coefficient (Wildman–Crippen LogP) is 5.33. The summed E-state index contributed by atoms with van der Waals surface area (Å²) in [7, 11) is 1.63. The van der Waals surface area contributed by atoms with Gasteiger partial charge in [0.25, 0.3) is 5.56 Å². The first kappa shape index (κ1) is 23.7. The third-order valence-corrected chi connectivity index (χ3v) is 8.07. The lowest BCUT2D eigenvalue weighted by atomic mass is 9.61. The average molecular weight is 494 g/mol. The maximum atomic E-state index is 13.3. The van der Waals surface area contributed by atoms with Crippen molar-refractivity contribution in [2.24, 2.45) is 17.3 Å². The minimum absolute atomic E-state index is 0.0174. The first-order valence-corrected chi connectivity index (χ1v) is 12.7. The van der Waals surface area contributed by atoms with Crippen molar-refractivity contribution >= 4 is 34.1 Å². The van der Waals surface area contributed by atoms with Gasteiger partial charge in [0, 0.05) is 22.2 Å². The SMILES string of the molecule is COc1ccc(Cn2c(=O)ccc3c(NNC(=O)C4(C)CC5CC(Cl)CC(C5)C4)cccc32)cc1. The number of pyridine rings is 1. The number of hydrogen-bond donors (Lipinski definition) is 2. The number of carbonyl (C=O) groups is 1. The molecule has 1 heterocycles. The van der Waals surface area contributed by atoms with Crippen molar-refractivity contribution in [1.29, 1.82) is 0 Å². The van der Waals surface area contributed by atoms with Crippen LogP contribution in [-0.4, -0.2) is 23.0 Å². The van der Waals surface area contributed by atoms with Gasteiger partial charge in [-0.1, -0.05) is 25.1 Å². The number of alkyl halides is 1. The smallest absolute Gasteiger partial charge is 0.251 e. The number of methoxy groups -OCH3 is 1. The van der Waals surface area contributed by atoms with Crippen LogP contribution in [0.5, 0.6) is 5.75 Å². The molecule has 2 aliphatic carbocycles. The summed E-state index contributed by atoms with van der Waals surface area (Å²) in [5.41, 5.74) is 8.22. The standard InChI is InChI=1S/C28H32ClN3O3/c1-28(15-19-12-20(16-28)14-21(29)13-19)27(34)31-30-24-4-3-5-25-23(24)10-11-26(33)32(25)17-18-6-8-22(35-2)9-7-18/h3-11,19-21,30H,12-17H2,1-2H3,(H,31,34). The summed E-state index contributed by atoms with van der Waals surface area (Å²) < 4.78 is 6.98. The van der Waals surface area contributed by atoms with Crippen LogP contribution in [0.25, 0.3) is 10.9 Å². The van der Waals surface area contributed by atoms with Crippen LogP contribution in [0.2, 0.25) is 0 Å². The Bertz CT molecular complexity index is 1270. The van der Waals surface area contributed by atoms with E-state index >= 15 is 0 Å². The molecule has 2 aliphatic rings. The molecular formula is C28H32ClN3O3. The van der Waals surface area contributed by atoms with E-state index in [4.69, 9.17) is 16.3 Å². The monoisotopic (exact) mass is 493 g/mol. The first-order chi connectivity index (χ1) is 16.8. The molecule has 184 valence electrons. The highest BCUT2D eigenvalue weighted by Crippen LogP contribution is 2.49. The van der Waals surface area contributed by atoms with Crippen molar-refractivity contribution in [2.45, 2.75) is 50.9 Å². The van der Waals surface area contributed by atoms with Crippen LogP contribution in [0.1, 0.15) is 44.6 Å². The van der Waals surface area contributed by atoms with Crippen LogP contribution in [-0.2, 0) is 11.3 Å². The fraction of sp³-hybridized carbons (Fsp3) is 0.429. The van der Waals surface area contributed by atoms with Crippen LogP contribution in [0, 0.1) is 17.3 Å². The van der Waals surface area contributed by atoms with Crippen LogP contribution < -0.4 is 21.1 Å². The second-order valence-corrected chi connectivity index (χ2v) is 11.0. The molecule has 2 N–H and O–H groups in total. The maximum Gasteiger partial charge on any atom is 0.251 e. The Balaban J connectivity index is 1.35. The Morgan fingerprint density at radius 3 is 2.46 bits per heavy atom. The number of carbonyl (C=O) groups excluding carboxylic acids is 1. The van der Waals surface area contributed by atoms with Gasteiger partial charge in [-0.3, -0.25) is 20.4 Å². The Labute approximate surface area is 210 Å². The minimum Gasteiger partial charge on any atom is -0.497 e. The molecule has 7 heteroatoms. The Hall–Kier alpha value is -2.99. The van der Waals surface area contributed by atoms with Gasteiger partial charge in [-0.15, -0.1) is 11.6 Å². The van der Waals surface area contributed by atoms with E-state index in [1.165, 1.54) is 6.42 Å². The molecule has 3 aromatic rings. The van der Waals surface area contributed by atoms with Gasteiger partial charge in [0.2, 0.25) is 5.91 Å². The third kappa shape index (κ3) is 4.90. The number of hydrazine groups is 1. The molecule has 2 atom stereocenters. The summed E-state index contributed by atoms with van der Waals surface area (Å²) in [6.45, 7) is 2.52. The zero-order chi connectivity index (χ0) is 24.6. The van der Waals surface area contributed by atoms with Gasteiger partial charge in [-0.2, -0.15) is 0 Å².